The van der Waals surface area contributed by atoms with Crippen LogP contribution in [0.15, 0.2) is 36.5 Å². The van der Waals surface area contributed by atoms with Crippen LogP contribution in [0, 0.1) is 0 Å². The first-order valence-electron chi connectivity index (χ1n) is 8.94. The Hall–Kier alpha value is -1.31. The third-order valence-electron chi connectivity index (χ3n) is 3.48. The van der Waals surface area contributed by atoms with Crippen LogP contribution >= 0.6 is 0 Å². The van der Waals surface area contributed by atoms with Crippen molar-refractivity contribution >= 4 is 5.97 Å². The molecule has 126 valence electrons. The van der Waals surface area contributed by atoms with Crippen LogP contribution in [-0.2, 0) is 4.79 Å². The van der Waals surface area contributed by atoms with Crippen LogP contribution in [0.3, 0.4) is 0 Å². The van der Waals surface area contributed by atoms with Gasteiger partial charge in [-0.2, -0.15) is 0 Å². The smallest absolute Gasteiger partial charge is 0.303 e. The molecule has 0 amide bonds. The first kappa shape index (κ1) is 20.7. The summed E-state index contributed by atoms with van der Waals surface area (Å²) in [4.78, 5) is 10.3. The van der Waals surface area contributed by atoms with E-state index >= 15 is 0 Å². The van der Waals surface area contributed by atoms with Gasteiger partial charge in [0.1, 0.15) is 0 Å². The Morgan fingerprint density at radius 1 is 0.682 bits per heavy atom. The van der Waals surface area contributed by atoms with E-state index in [1.807, 2.05) is 0 Å². The van der Waals surface area contributed by atoms with E-state index in [1.165, 1.54) is 38.5 Å². The molecule has 0 heterocycles. The number of allylic oxidation sites excluding steroid dienone is 6. The van der Waals surface area contributed by atoms with Crippen LogP contribution in [0.2, 0.25) is 0 Å². The quantitative estimate of drug-likeness (QED) is 0.279. The summed E-state index contributed by atoms with van der Waals surface area (Å²) in [6, 6.07) is 0. The molecule has 0 spiro atoms. The molecule has 0 bridgehead atoms. The lowest BCUT2D eigenvalue weighted by atomic mass is 10.1. The van der Waals surface area contributed by atoms with Crippen LogP contribution in [0.25, 0.3) is 0 Å². The molecule has 0 saturated carbocycles. The van der Waals surface area contributed by atoms with Gasteiger partial charge in [0.15, 0.2) is 0 Å². The predicted molar refractivity (Wildman–Crippen MR) is 96.1 cm³/mol. The van der Waals surface area contributed by atoms with Gasteiger partial charge in [0.2, 0.25) is 0 Å². The Morgan fingerprint density at radius 3 is 1.64 bits per heavy atom. The van der Waals surface area contributed by atoms with Gasteiger partial charge < -0.3 is 5.11 Å². The average molecular weight is 306 g/mol. The summed E-state index contributed by atoms with van der Waals surface area (Å²) in [5.41, 5.74) is 0. The Kier molecular flexibility index (Phi) is 16.7. The van der Waals surface area contributed by atoms with Crippen LogP contribution in [-0.4, -0.2) is 11.1 Å². The monoisotopic (exact) mass is 306 g/mol. The van der Waals surface area contributed by atoms with Gasteiger partial charge >= 0.3 is 5.97 Å². The first-order valence-corrected chi connectivity index (χ1v) is 8.94. The molecule has 0 aromatic heterocycles. The van der Waals surface area contributed by atoms with Crippen molar-refractivity contribution in [3.05, 3.63) is 36.5 Å². The molecule has 0 saturated heterocycles. The predicted octanol–water partition coefficient (Wildman–Crippen LogP) is 6.44. The minimum Gasteiger partial charge on any atom is -0.481 e. The largest absolute Gasteiger partial charge is 0.481 e. The summed E-state index contributed by atoms with van der Waals surface area (Å²) in [6.45, 7) is 2.18. The highest BCUT2D eigenvalue weighted by Gasteiger charge is 1.93. The van der Waals surface area contributed by atoms with E-state index in [1.54, 1.807) is 0 Å². The summed E-state index contributed by atoms with van der Waals surface area (Å²) >= 11 is 0. The van der Waals surface area contributed by atoms with E-state index in [0.29, 0.717) is 0 Å². The molecular weight excluding hydrogens is 272 g/mol. The molecule has 2 heteroatoms. The molecule has 0 aliphatic carbocycles. The Labute approximate surface area is 137 Å². The second-order valence-electron chi connectivity index (χ2n) is 5.68. The number of hydrogen-bond donors (Lipinski definition) is 1. The lowest BCUT2D eigenvalue weighted by molar-refractivity contribution is -0.137. The second-order valence-corrected chi connectivity index (χ2v) is 5.68. The number of aliphatic carboxylic acids is 1. The third-order valence-corrected chi connectivity index (χ3v) is 3.48. The normalized spacial score (nSPS) is 12.0. The fourth-order valence-electron chi connectivity index (χ4n) is 2.18. The SMILES string of the molecule is CCC=CCCCCCC=CCCCC=CCCCC(=O)O. The molecule has 0 rings (SSSR count). The minimum atomic E-state index is -0.698. The maximum absolute atomic E-state index is 10.3. The van der Waals surface area contributed by atoms with Crippen molar-refractivity contribution in [2.75, 3.05) is 0 Å². The molecule has 0 aromatic rings. The Morgan fingerprint density at radius 2 is 1.14 bits per heavy atom. The van der Waals surface area contributed by atoms with E-state index in [2.05, 4.69) is 43.4 Å². The van der Waals surface area contributed by atoms with Gasteiger partial charge in [0.25, 0.3) is 0 Å². The Balaban J connectivity index is 3.22. The van der Waals surface area contributed by atoms with Crippen molar-refractivity contribution in [1.29, 1.82) is 0 Å². The van der Waals surface area contributed by atoms with Crippen molar-refractivity contribution < 1.29 is 9.90 Å². The molecule has 0 fully saturated rings. The summed E-state index contributed by atoms with van der Waals surface area (Å²) in [5, 5.41) is 8.50. The van der Waals surface area contributed by atoms with E-state index < -0.39 is 5.97 Å². The van der Waals surface area contributed by atoms with Gasteiger partial charge in [-0.15, -0.1) is 0 Å². The van der Waals surface area contributed by atoms with Gasteiger partial charge in [-0.25, -0.2) is 0 Å². The highest BCUT2D eigenvalue weighted by atomic mass is 16.4. The van der Waals surface area contributed by atoms with E-state index in [4.69, 9.17) is 5.11 Å². The van der Waals surface area contributed by atoms with Crippen LogP contribution in [0.1, 0.15) is 84.0 Å². The lowest BCUT2D eigenvalue weighted by Crippen LogP contribution is -1.92. The maximum atomic E-state index is 10.3. The summed E-state index contributed by atoms with van der Waals surface area (Å²) < 4.78 is 0. The molecule has 0 aliphatic heterocycles. The number of carboxylic acids is 1. The fourth-order valence-corrected chi connectivity index (χ4v) is 2.18. The zero-order valence-electron chi connectivity index (χ0n) is 14.3. The summed E-state index contributed by atoms with van der Waals surface area (Å²) in [6.07, 6.45) is 26.4. The number of rotatable bonds is 15. The molecular formula is C20H34O2. The van der Waals surface area contributed by atoms with Crippen molar-refractivity contribution in [1.82, 2.24) is 0 Å². The molecule has 2 nitrogen and oxygen atoms in total. The van der Waals surface area contributed by atoms with Gasteiger partial charge in [-0.1, -0.05) is 49.8 Å². The van der Waals surface area contributed by atoms with Crippen LogP contribution in [0.4, 0.5) is 0 Å². The van der Waals surface area contributed by atoms with Crippen molar-refractivity contribution in [2.24, 2.45) is 0 Å². The van der Waals surface area contributed by atoms with E-state index in [0.717, 1.165) is 32.1 Å². The van der Waals surface area contributed by atoms with Crippen LogP contribution in [0.5, 0.6) is 0 Å². The molecule has 1 N–H and O–H groups in total. The average Bonchev–Trinajstić information content (AvgIpc) is 2.50. The van der Waals surface area contributed by atoms with Crippen molar-refractivity contribution in [3.8, 4) is 0 Å². The second kappa shape index (κ2) is 17.7. The minimum absolute atomic E-state index is 0.280. The van der Waals surface area contributed by atoms with Gasteiger partial charge in [0.05, 0.1) is 0 Å². The molecule has 0 radical (unpaired) electrons. The Bertz CT molecular complexity index is 327. The molecule has 0 aromatic carbocycles. The highest BCUT2D eigenvalue weighted by Crippen LogP contribution is 2.06. The van der Waals surface area contributed by atoms with Gasteiger partial charge in [-0.05, 0) is 64.2 Å². The molecule has 0 aliphatic rings. The summed E-state index contributed by atoms with van der Waals surface area (Å²) in [7, 11) is 0. The van der Waals surface area contributed by atoms with Crippen molar-refractivity contribution in [2.45, 2.75) is 84.0 Å². The standard InChI is InChI=1S/C20H34O2/c1-2-3-4-5-6-7-8-9-10-11-12-13-14-15-16-17-18-19-20(21)22/h3-4,10-11,15-16H,2,5-9,12-14,17-19H2,1H3,(H,21,22). The van der Waals surface area contributed by atoms with E-state index in [9.17, 15) is 4.79 Å². The fraction of sp³-hybridized carbons (Fsp3) is 0.650. The first-order chi connectivity index (χ1) is 10.8. The number of hydrogen-bond acceptors (Lipinski definition) is 1. The summed E-state index contributed by atoms with van der Waals surface area (Å²) in [5.74, 6) is -0.698. The lowest BCUT2D eigenvalue weighted by Gasteiger charge is -1.95. The number of carbonyl (C=O) groups is 1. The van der Waals surface area contributed by atoms with Crippen molar-refractivity contribution in [3.63, 3.8) is 0 Å². The molecule has 0 atom stereocenters. The molecule has 22 heavy (non-hydrogen) atoms. The maximum Gasteiger partial charge on any atom is 0.303 e. The zero-order chi connectivity index (χ0) is 16.3. The van der Waals surface area contributed by atoms with E-state index in [-0.39, 0.29) is 6.42 Å². The zero-order valence-corrected chi connectivity index (χ0v) is 14.3. The topological polar surface area (TPSA) is 37.3 Å². The van der Waals surface area contributed by atoms with Crippen LogP contribution < -0.4 is 0 Å². The number of unbranched alkanes of at least 4 members (excludes halogenated alkanes) is 7. The third kappa shape index (κ3) is 18.7. The van der Waals surface area contributed by atoms with Gasteiger partial charge in [0, 0.05) is 6.42 Å². The van der Waals surface area contributed by atoms with Gasteiger partial charge in [-0.3, -0.25) is 4.79 Å². The highest BCUT2D eigenvalue weighted by molar-refractivity contribution is 5.66. The molecule has 0 unspecified atom stereocenters. The number of carboxylic acid groups (broad SMARTS) is 1.